The normalized spacial score (nSPS) is 8.33. The molecule has 0 fully saturated rings. The lowest BCUT2D eigenvalue weighted by Gasteiger charge is -1.98. The van der Waals surface area contributed by atoms with Crippen molar-refractivity contribution in [1.29, 1.82) is 0 Å². The van der Waals surface area contributed by atoms with Gasteiger partial charge >= 0.3 is 0 Å². The van der Waals surface area contributed by atoms with Crippen LogP contribution in [-0.4, -0.2) is 4.98 Å². The quantitative estimate of drug-likeness (QED) is 0.283. The number of rotatable bonds is 0. The smallest absolute Gasteiger partial charge is 0.0704 e. The van der Waals surface area contributed by atoms with Crippen molar-refractivity contribution in [2.24, 2.45) is 0 Å². The summed E-state index contributed by atoms with van der Waals surface area (Å²) in [6, 6.07) is 25.0. The molecule has 0 saturated heterocycles. The lowest BCUT2D eigenvalue weighted by molar-refractivity contribution is 1.37. The van der Waals surface area contributed by atoms with Crippen LogP contribution in [0.2, 0.25) is 0 Å². The lowest BCUT2D eigenvalue weighted by atomic mass is 10.1. The molecule has 0 spiro atoms. The third-order valence-corrected chi connectivity index (χ3v) is 3.87. The lowest BCUT2D eigenvalue weighted by Crippen LogP contribution is -1.79. The van der Waals surface area contributed by atoms with E-state index in [0.29, 0.717) is 0 Å². The zero-order chi connectivity index (χ0) is 23.4. The molecule has 0 aliphatic rings. The predicted molar refractivity (Wildman–Crippen MR) is 141 cm³/mol. The second kappa shape index (κ2) is 19.6. The minimum Gasteiger partial charge on any atom is -0.256 e. The van der Waals surface area contributed by atoms with Crippen molar-refractivity contribution in [1.82, 2.24) is 4.98 Å². The standard InChI is InChI=1S/C11H10.C10H9N.4C2H6/c1-9-5-4-7-10-6-2-3-8-11(9)10;1-8-6-7-11-10-5-3-2-4-9(8)10;4*1-2/h2-8H,1H3;2-7H,1H3;4*1-2H3. The van der Waals surface area contributed by atoms with E-state index in [1.807, 2.05) is 85.9 Å². The van der Waals surface area contributed by atoms with Crippen LogP contribution < -0.4 is 0 Å². The van der Waals surface area contributed by atoms with E-state index in [2.05, 4.69) is 67.4 Å². The number of hydrogen-bond donors (Lipinski definition) is 0. The van der Waals surface area contributed by atoms with Gasteiger partial charge in [-0.1, -0.05) is 116 Å². The molecule has 0 aliphatic carbocycles. The van der Waals surface area contributed by atoms with Gasteiger partial charge in [-0.2, -0.15) is 0 Å². The molecule has 1 heterocycles. The maximum absolute atomic E-state index is 4.24. The highest BCUT2D eigenvalue weighted by Gasteiger charge is 1.93. The molecule has 0 aliphatic heterocycles. The fraction of sp³-hybridized carbons (Fsp3) is 0.345. The molecule has 0 atom stereocenters. The van der Waals surface area contributed by atoms with Gasteiger partial charge in [-0.25, -0.2) is 0 Å². The molecule has 0 bridgehead atoms. The number of nitrogens with zero attached hydrogens (tertiary/aromatic N) is 1. The molecule has 4 rings (SSSR count). The van der Waals surface area contributed by atoms with Crippen LogP contribution in [0.4, 0.5) is 0 Å². The van der Waals surface area contributed by atoms with E-state index in [9.17, 15) is 0 Å². The van der Waals surface area contributed by atoms with Gasteiger partial charge in [0, 0.05) is 11.6 Å². The number of para-hydroxylation sites is 1. The van der Waals surface area contributed by atoms with Crippen molar-refractivity contribution in [3.8, 4) is 0 Å². The largest absolute Gasteiger partial charge is 0.256 e. The first-order chi connectivity index (χ1) is 14.8. The summed E-state index contributed by atoms with van der Waals surface area (Å²) < 4.78 is 0. The Hall–Kier alpha value is -2.67. The molecule has 1 heteroatoms. The number of pyridine rings is 1. The summed E-state index contributed by atoms with van der Waals surface area (Å²) in [6.45, 7) is 20.2. The summed E-state index contributed by atoms with van der Waals surface area (Å²) in [5, 5.41) is 3.93. The minimum absolute atomic E-state index is 1.08. The van der Waals surface area contributed by atoms with Crippen LogP contribution >= 0.6 is 0 Å². The van der Waals surface area contributed by atoms with E-state index in [4.69, 9.17) is 0 Å². The first kappa shape index (κ1) is 29.5. The molecule has 0 N–H and O–H groups in total. The average molecular weight is 406 g/mol. The molecule has 1 nitrogen and oxygen atoms in total. The Morgan fingerprint density at radius 1 is 0.467 bits per heavy atom. The van der Waals surface area contributed by atoms with Crippen molar-refractivity contribution in [3.05, 3.63) is 90.1 Å². The van der Waals surface area contributed by atoms with E-state index in [0.717, 1.165) is 5.52 Å². The van der Waals surface area contributed by atoms with Crippen molar-refractivity contribution < 1.29 is 0 Å². The van der Waals surface area contributed by atoms with Crippen LogP contribution in [0.25, 0.3) is 21.7 Å². The SMILES string of the molecule is CC.CC.CC.CC.Cc1cccc2ccccc12.Cc1ccnc2ccccc12. The first-order valence-electron chi connectivity index (χ1n) is 11.5. The van der Waals surface area contributed by atoms with Crippen molar-refractivity contribution in [3.63, 3.8) is 0 Å². The first-order valence-corrected chi connectivity index (χ1v) is 11.5. The van der Waals surface area contributed by atoms with Gasteiger partial charge in [0.1, 0.15) is 0 Å². The summed E-state index contributed by atoms with van der Waals surface area (Å²) in [5.74, 6) is 0. The number of aryl methyl sites for hydroxylation is 2. The molecule has 164 valence electrons. The highest BCUT2D eigenvalue weighted by molar-refractivity contribution is 5.85. The Kier molecular flexibility index (Phi) is 19.3. The molecule has 1 aromatic heterocycles. The van der Waals surface area contributed by atoms with Gasteiger partial charge in [-0.3, -0.25) is 4.98 Å². The zero-order valence-electron chi connectivity index (χ0n) is 21.0. The number of fused-ring (bicyclic) bond motifs is 2. The fourth-order valence-electron chi connectivity index (χ4n) is 2.63. The third-order valence-electron chi connectivity index (χ3n) is 3.87. The number of benzene rings is 3. The Bertz CT molecular complexity index is 822. The molecular formula is C29H43N. The van der Waals surface area contributed by atoms with E-state index < -0.39 is 0 Å². The van der Waals surface area contributed by atoms with Crippen LogP contribution in [0.1, 0.15) is 66.5 Å². The maximum atomic E-state index is 4.24. The second-order valence-electron chi connectivity index (χ2n) is 5.44. The van der Waals surface area contributed by atoms with Crippen LogP contribution in [0.15, 0.2) is 79.0 Å². The molecule has 3 aromatic carbocycles. The van der Waals surface area contributed by atoms with E-state index in [-0.39, 0.29) is 0 Å². The number of hydrogen-bond acceptors (Lipinski definition) is 1. The third kappa shape index (κ3) is 9.69. The van der Waals surface area contributed by atoms with Gasteiger partial charge in [-0.15, -0.1) is 0 Å². The van der Waals surface area contributed by atoms with Gasteiger partial charge in [-0.05, 0) is 47.9 Å². The van der Waals surface area contributed by atoms with Crippen LogP contribution in [0, 0.1) is 13.8 Å². The highest BCUT2D eigenvalue weighted by atomic mass is 14.6. The van der Waals surface area contributed by atoms with Crippen molar-refractivity contribution in [2.75, 3.05) is 0 Å². The Balaban J connectivity index is 0. The average Bonchev–Trinajstić information content (AvgIpc) is 2.85. The minimum atomic E-state index is 1.08. The highest BCUT2D eigenvalue weighted by Crippen LogP contribution is 2.16. The molecule has 0 radical (unpaired) electrons. The summed E-state index contributed by atoms with van der Waals surface area (Å²) in [5.41, 5.74) is 3.71. The van der Waals surface area contributed by atoms with E-state index in [1.165, 1.54) is 27.3 Å². The number of aromatic nitrogens is 1. The summed E-state index contributed by atoms with van der Waals surface area (Å²) in [7, 11) is 0. The zero-order valence-corrected chi connectivity index (χ0v) is 21.0. The predicted octanol–water partition coefficient (Wildman–Crippen LogP) is 9.80. The molecule has 0 saturated carbocycles. The van der Waals surface area contributed by atoms with Crippen LogP contribution in [0.3, 0.4) is 0 Å². The molecule has 4 aromatic rings. The monoisotopic (exact) mass is 405 g/mol. The van der Waals surface area contributed by atoms with Crippen molar-refractivity contribution >= 4 is 21.7 Å². The molecule has 30 heavy (non-hydrogen) atoms. The van der Waals surface area contributed by atoms with Gasteiger partial charge in [0.25, 0.3) is 0 Å². The Morgan fingerprint density at radius 3 is 1.50 bits per heavy atom. The fourth-order valence-corrected chi connectivity index (χ4v) is 2.63. The maximum Gasteiger partial charge on any atom is 0.0704 e. The van der Waals surface area contributed by atoms with Gasteiger partial charge in [0.15, 0.2) is 0 Å². The van der Waals surface area contributed by atoms with Gasteiger partial charge < -0.3 is 0 Å². The molecule has 0 unspecified atom stereocenters. The van der Waals surface area contributed by atoms with Crippen LogP contribution in [-0.2, 0) is 0 Å². The molecule has 0 amide bonds. The van der Waals surface area contributed by atoms with E-state index in [1.54, 1.807) is 0 Å². The van der Waals surface area contributed by atoms with Crippen LogP contribution in [0.5, 0.6) is 0 Å². The second-order valence-corrected chi connectivity index (χ2v) is 5.44. The summed E-state index contributed by atoms with van der Waals surface area (Å²) >= 11 is 0. The summed E-state index contributed by atoms with van der Waals surface area (Å²) in [6.07, 6.45) is 1.84. The van der Waals surface area contributed by atoms with Gasteiger partial charge in [0.05, 0.1) is 5.52 Å². The van der Waals surface area contributed by atoms with Gasteiger partial charge in [0.2, 0.25) is 0 Å². The van der Waals surface area contributed by atoms with E-state index >= 15 is 0 Å². The Morgan fingerprint density at radius 2 is 0.933 bits per heavy atom. The Labute approximate surface area is 186 Å². The molecular weight excluding hydrogens is 362 g/mol. The van der Waals surface area contributed by atoms with Crippen molar-refractivity contribution in [2.45, 2.75) is 69.2 Å². The summed E-state index contributed by atoms with van der Waals surface area (Å²) in [4.78, 5) is 4.24. The topological polar surface area (TPSA) is 12.9 Å².